The summed E-state index contributed by atoms with van der Waals surface area (Å²) in [6.45, 7) is 3.58. The number of aryl methyl sites for hydroxylation is 1. The summed E-state index contributed by atoms with van der Waals surface area (Å²) in [6.07, 6.45) is 4.13. The van der Waals surface area contributed by atoms with Gasteiger partial charge in [0, 0.05) is 25.2 Å². The van der Waals surface area contributed by atoms with E-state index >= 15 is 0 Å². The van der Waals surface area contributed by atoms with E-state index in [-0.39, 0.29) is 17.9 Å². The number of hydrogen-bond donors (Lipinski definition) is 1. The number of hydrogen-bond acceptors (Lipinski definition) is 6. The number of aromatic nitrogens is 2. The van der Waals surface area contributed by atoms with Crippen molar-refractivity contribution in [3.8, 4) is 0 Å². The van der Waals surface area contributed by atoms with E-state index < -0.39 is 0 Å². The zero-order chi connectivity index (χ0) is 18.8. The number of rotatable bonds is 5. The molecular formula is C19H23N5O2S. The van der Waals surface area contributed by atoms with E-state index in [1.165, 1.54) is 16.9 Å². The minimum atomic E-state index is -0.258. The molecule has 1 unspecified atom stereocenters. The number of nitrogens with one attached hydrogen (secondary N) is 1. The Balaban J connectivity index is 1.46. The number of amides is 2. The molecule has 2 aliphatic heterocycles. The molecule has 0 bridgehead atoms. The SMILES string of the molecule is CCc1ccc(NC(=O)C2CCCN2c2nnc(N3CCCC3=O)s2)cc1. The maximum atomic E-state index is 12.8. The number of nitrogens with zero attached hydrogens (tertiary/aromatic N) is 4. The van der Waals surface area contributed by atoms with E-state index in [0.29, 0.717) is 23.2 Å². The Morgan fingerprint density at radius 1 is 1.19 bits per heavy atom. The van der Waals surface area contributed by atoms with Crippen LogP contribution in [0.3, 0.4) is 0 Å². The molecule has 1 aromatic heterocycles. The normalized spacial score (nSPS) is 19.7. The summed E-state index contributed by atoms with van der Waals surface area (Å²) in [5.41, 5.74) is 2.05. The van der Waals surface area contributed by atoms with Gasteiger partial charge in [-0.2, -0.15) is 0 Å². The molecule has 2 saturated heterocycles. The molecule has 1 N–H and O–H groups in total. The van der Waals surface area contributed by atoms with Gasteiger partial charge < -0.3 is 10.2 Å². The lowest BCUT2D eigenvalue weighted by Gasteiger charge is -2.22. The minimum absolute atomic E-state index is 0.0225. The third-order valence-electron chi connectivity index (χ3n) is 5.14. The van der Waals surface area contributed by atoms with Gasteiger partial charge in [-0.15, -0.1) is 10.2 Å². The van der Waals surface area contributed by atoms with Crippen LogP contribution in [0.5, 0.6) is 0 Å². The average Bonchev–Trinajstić information content (AvgIpc) is 3.41. The van der Waals surface area contributed by atoms with E-state index in [2.05, 4.69) is 22.4 Å². The highest BCUT2D eigenvalue weighted by molar-refractivity contribution is 7.19. The van der Waals surface area contributed by atoms with Crippen molar-refractivity contribution >= 4 is 39.1 Å². The smallest absolute Gasteiger partial charge is 0.247 e. The molecular weight excluding hydrogens is 362 g/mol. The first-order valence-electron chi connectivity index (χ1n) is 9.46. The molecule has 7 nitrogen and oxygen atoms in total. The van der Waals surface area contributed by atoms with E-state index in [4.69, 9.17) is 0 Å². The Bertz CT molecular complexity index is 835. The number of anilines is 3. The van der Waals surface area contributed by atoms with Crippen LogP contribution >= 0.6 is 11.3 Å². The van der Waals surface area contributed by atoms with Gasteiger partial charge in [-0.3, -0.25) is 14.5 Å². The van der Waals surface area contributed by atoms with Gasteiger partial charge in [0.1, 0.15) is 6.04 Å². The van der Waals surface area contributed by atoms with Gasteiger partial charge in [-0.25, -0.2) is 0 Å². The molecule has 0 radical (unpaired) electrons. The zero-order valence-electron chi connectivity index (χ0n) is 15.4. The van der Waals surface area contributed by atoms with Crippen LogP contribution in [0, 0.1) is 0 Å². The Labute approximate surface area is 162 Å². The maximum Gasteiger partial charge on any atom is 0.247 e. The van der Waals surface area contributed by atoms with Crippen LogP contribution in [-0.4, -0.2) is 41.1 Å². The fourth-order valence-corrected chi connectivity index (χ4v) is 4.57. The number of benzene rings is 1. The van der Waals surface area contributed by atoms with Gasteiger partial charge in [0.25, 0.3) is 0 Å². The highest BCUT2D eigenvalue weighted by Crippen LogP contribution is 2.34. The summed E-state index contributed by atoms with van der Waals surface area (Å²) < 4.78 is 0. The van der Waals surface area contributed by atoms with Crippen molar-refractivity contribution in [3.05, 3.63) is 29.8 Å². The summed E-state index contributed by atoms with van der Waals surface area (Å²) in [7, 11) is 0. The highest BCUT2D eigenvalue weighted by Gasteiger charge is 2.34. The first kappa shape index (κ1) is 17.9. The van der Waals surface area contributed by atoms with Crippen LogP contribution in [0.2, 0.25) is 0 Å². The summed E-state index contributed by atoms with van der Waals surface area (Å²) in [5.74, 6) is 0.0784. The van der Waals surface area contributed by atoms with Crippen molar-refractivity contribution in [1.29, 1.82) is 0 Å². The van der Waals surface area contributed by atoms with Gasteiger partial charge in [-0.05, 0) is 43.4 Å². The second kappa shape index (κ2) is 7.64. The maximum absolute atomic E-state index is 12.8. The van der Waals surface area contributed by atoms with Gasteiger partial charge >= 0.3 is 0 Å². The first-order chi connectivity index (χ1) is 13.2. The van der Waals surface area contributed by atoms with Crippen molar-refractivity contribution < 1.29 is 9.59 Å². The molecule has 3 heterocycles. The predicted octanol–water partition coefficient (Wildman–Crippen LogP) is 2.83. The van der Waals surface area contributed by atoms with Gasteiger partial charge in [0.15, 0.2) is 0 Å². The van der Waals surface area contributed by atoms with Crippen LogP contribution in [0.15, 0.2) is 24.3 Å². The summed E-state index contributed by atoms with van der Waals surface area (Å²) in [4.78, 5) is 28.4. The molecule has 2 aliphatic rings. The van der Waals surface area contributed by atoms with Gasteiger partial charge in [0.05, 0.1) is 0 Å². The molecule has 142 valence electrons. The van der Waals surface area contributed by atoms with E-state index in [1.54, 1.807) is 4.90 Å². The first-order valence-corrected chi connectivity index (χ1v) is 10.3. The largest absolute Gasteiger partial charge is 0.335 e. The van der Waals surface area contributed by atoms with E-state index in [0.717, 1.165) is 37.9 Å². The molecule has 1 atom stereocenters. The average molecular weight is 385 g/mol. The van der Waals surface area contributed by atoms with Crippen LogP contribution in [-0.2, 0) is 16.0 Å². The Morgan fingerprint density at radius 2 is 1.96 bits per heavy atom. The van der Waals surface area contributed by atoms with Crippen LogP contribution in [0.4, 0.5) is 16.0 Å². The quantitative estimate of drug-likeness (QED) is 0.856. The Hall–Kier alpha value is -2.48. The lowest BCUT2D eigenvalue weighted by molar-refractivity contribution is -0.117. The van der Waals surface area contributed by atoms with Crippen molar-refractivity contribution in [2.45, 2.75) is 45.1 Å². The predicted molar refractivity (Wildman–Crippen MR) is 106 cm³/mol. The second-order valence-corrected chi connectivity index (χ2v) is 7.84. The summed E-state index contributed by atoms with van der Waals surface area (Å²) in [6, 6.07) is 7.69. The summed E-state index contributed by atoms with van der Waals surface area (Å²) in [5, 5.41) is 12.8. The molecule has 0 aliphatic carbocycles. The standard InChI is InChI=1S/C19H23N5O2S/c1-2-13-7-9-14(10-8-13)20-17(26)15-5-3-11-23(15)18-21-22-19(27-18)24-12-4-6-16(24)25/h7-10,15H,2-6,11-12H2,1H3,(H,20,26). The topological polar surface area (TPSA) is 78.4 Å². The zero-order valence-corrected chi connectivity index (χ0v) is 16.2. The molecule has 2 fully saturated rings. The number of carbonyl (C=O) groups excluding carboxylic acids is 2. The van der Waals surface area contributed by atoms with Crippen molar-refractivity contribution in [2.75, 3.05) is 28.2 Å². The molecule has 2 aromatic rings. The molecule has 1 aromatic carbocycles. The van der Waals surface area contributed by atoms with Crippen LogP contribution < -0.4 is 15.1 Å². The molecule has 0 saturated carbocycles. The highest BCUT2D eigenvalue weighted by atomic mass is 32.1. The third kappa shape index (κ3) is 3.66. The lowest BCUT2D eigenvalue weighted by atomic mass is 10.1. The van der Waals surface area contributed by atoms with Crippen molar-refractivity contribution in [1.82, 2.24) is 10.2 Å². The monoisotopic (exact) mass is 385 g/mol. The van der Waals surface area contributed by atoms with Crippen molar-refractivity contribution in [2.24, 2.45) is 0 Å². The van der Waals surface area contributed by atoms with Crippen LogP contribution in [0.25, 0.3) is 0 Å². The minimum Gasteiger partial charge on any atom is -0.335 e. The second-order valence-electron chi connectivity index (χ2n) is 6.91. The fourth-order valence-electron chi connectivity index (χ4n) is 3.60. The molecule has 8 heteroatoms. The lowest BCUT2D eigenvalue weighted by Crippen LogP contribution is -2.39. The third-order valence-corrected chi connectivity index (χ3v) is 6.12. The van der Waals surface area contributed by atoms with E-state index in [9.17, 15) is 9.59 Å². The summed E-state index contributed by atoms with van der Waals surface area (Å²) >= 11 is 1.39. The molecule has 4 rings (SSSR count). The van der Waals surface area contributed by atoms with Crippen molar-refractivity contribution in [3.63, 3.8) is 0 Å². The van der Waals surface area contributed by atoms with Gasteiger partial charge in [0.2, 0.25) is 22.1 Å². The van der Waals surface area contributed by atoms with E-state index in [1.807, 2.05) is 29.2 Å². The fraction of sp³-hybridized carbons (Fsp3) is 0.474. The molecule has 2 amide bonds. The Kier molecular flexibility index (Phi) is 5.07. The molecule has 27 heavy (non-hydrogen) atoms. The van der Waals surface area contributed by atoms with Crippen LogP contribution in [0.1, 0.15) is 38.2 Å². The molecule has 0 spiro atoms. The number of carbonyl (C=O) groups is 2. The Morgan fingerprint density at radius 3 is 2.67 bits per heavy atom. The van der Waals surface area contributed by atoms with Gasteiger partial charge in [-0.1, -0.05) is 30.4 Å².